The molecule has 0 aromatic heterocycles. The molecule has 0 spiro atoms. The van der Waals surface area contributed by atoms with E-state index in [2.05, 4.69) is 10.6 Å². The Morgan fingerprint density at radius 1 is 0.950 bits per heavy atom. The molecule has 0 aliphatic rings. The minimum Gasteiger partial charge on any atom is -0.398 e. The lowest BCUT2D eigenvalue weighted by molar-refractivity contribution is -0.120. The van der Waals surface area contributed by atoms with Crippen LogP contribution in [0.3, 0.4) is 0 Å². The molecule has 0 aliphatic carbocycles. The molecule has 0 atom stereocenters. The van der Waals surface area contributed by atoms with Crippen LogP contribution in [0.5, 0.6) is 0 Å². The highest BCUT2D eigenvalue weighted by Crippen LogP contribution is 2.09. The second-order valence-electron chi connectivity index (χ2n) is 4.56. The average molecular weight is 269 g/mol. The molecule has 2 aromatic rings. The van der Waals surface area contributed by atoms with Gasteiger partial charge < -0.3 is 16.4 Å². The quantitative estimate of drug-likeness (QED) is 0.699. The lowest BCUT2D eigenvalue weighted by Gasteiger charge is -2.08. The number of rotatable bonds is 6. The zero-order valence-corrected chi connectivity index (χ0v) is 11.3. The highest BCUT2D eigenvalue weighted by molar-refractivity contribution is 5.78. The van der Waals surface area contributed by atoms with Gasteiger partial charge in [-0.1, -0.05) is 48.5 Å². The highest BCUT2D eigenvalue weighted by atomic mass is 16.1. The van der Waals surface area contributed by atoms with Crippen LogP contribution in [0.15, 0.2) is 54.6 Å². The fourth-order valence-corrected chi connectivity index (χ4v) is 1.86. The molecule has 0 heterocycles. The van der Waals surface area contributed by atoms with E-state index in [0.29, 0.717) is 13.1 Å². The van der Waals surface area contributed by atoms with Crippen molar-refractivity contribution in [2.24, 2.45) is 0 Å². The number of nitrogen functional groups attached to an aromatic ring is 1. The molecule has 4 heteroatoms. The molecule has 2 rings (SSSR count). The third-order valence-corrected chi connectivity index (χ3v) is 2.99. The molecule has 0 unspecified atom stereocenters. The second kappa shape index (κ2) is 7.31. The number of hydrogen-bond acceptors (Lipinski definition) is 3. The minimum absolute atomic E-state index is 0.0247. The maximum Gasteiger partial charge on any atom is 0.234 e. The Balaban J connectivity index is 1.69. The number of hydrogen-bond donors (Lipinski definition) is 3. The van der Waals surface area contributed by atoms with Gasteiger partial charge in [0.15, 0.2) is 0 Å². The van der Waals surface area contributed by atoms with Gasteiger partial charge in [0.25, 0.3) is 0 Å². The Morgan fingerprint density at radius 3 is 2.40 bits per heavy atom. The van der Waals surface area contributed by atoms with E-state index in [1.54, 1.807) is 0 Å². The summed E-state index contributed by atoms with van der Waals surface area (Å²) in [4.78, 5) is 11.7. The summed E-state index contributed by atoms with van der Waals surface area (Å²) in [5.74, 6) is -0.0247. The van der Waals surface area contributed by atoms with Gasteiger partial charge in [0, 0.05) is 18.8 Å². The van der Waals surface area contributed by atoms with Crippen LogP contribution in [0.2, 0.25) is 0 Å². The first-order chi connectivity index (χ1) is 9.75. The SMILES string of the molecule is Nc1ccccc1CNCC(=O)NCc1ccccc1. The predicted octanol–water partition coefficient (Wildman–Crippen LogP) is 1.67. The van der Waals surface area contributed by atoms with Crippen molar-refractivity contribution < 1.29 is 4.79 Å². The number of anilines is 1. The van der Waals surface area contributed by atoms with Crippen molar-refractivity contribution in [2.45, 2.75) is 13.1 Å². The molecule has 4 N–H and O–H groups in total. The summed E-state index contributed by atoms with van der Waals surface area (Å²) in [5, 5.41) is 5.95. The summed E-state index contributed by atoms with van der Waals surface area (Å²) >= 11 is 0. The Kier molecular flexibility index (Phi) is 5.15. The van der Waals surface area contributed by atoms with Crippen LogP contribution in [0.4, 0.5) is 5.69 Å². The van der Waals surface area contributed by atoms with E-state index in [1.807, 2.05) is 54.6 Å². The largest absolute Gasteiger partial charge is 0.398 e. The van der Waals surface area contributed by atoms with Crippen LogP contribution >= 0.6 is 0 Å². The van der Waals surface area contributed by atoms with Crippen molar-refractivity contribution >= 4 is 11.6 Å². The van der Waals surface area contributed by atoms with Crippen molar-refractivity contribution in [1.82, 2.24) is 10.6 Å². The van der Waals surface area contributed by atoms with Gasteiger partial charge in [-0.3, -0.25) is 4.79 Å². The number of carbonyl (C=O) groups is 1. The molecule has 20 heavy (non-hydrogen) atoms. The molecule has 0 aliphatic heterocycles. The Morgan fingerprint density at radius 2 is 1.65 bits per heavy atom. The second-order valence-corrected chi connectivity index (χ2v) is 4.56. The summed E-state index contributed by atoms with van der Waals surface area (Å²) < 4.78 is 0. The number of nitrogens with one attached hydrogen (secondary N) is 2. The molecular formula is C16H19N3O. The standard InChI is InChI=1S/C16H19N3O/c17-15-9-5-4-8-14(15)11-18-12-16(20)19-10-13-6-2-1-3-7-13/h1-9,18H,10-12,17H2,(H,19,20). The lowest BCUT2D eigenvalue weighted by Crippen LogP contribution is -2.33. The molecule has 1 amide bonds. The monoisotopic (exact) mass is 269 g/mol. The maximum absolute atomic E-state index is 11.7. The summed E-state index contributed by atoms with van der Waals surface area (Å²) in [6.45, 7) is 1.42. The summed E-state index contributed by atoms with van der Waals surface area (Å²) in [6, 6.07) is 17.5. The van der Waals surface area contributed by atoms with E-state index >= 15 is 0 Å². The molecule has 0 saturated carbocycles. The third kappa shape index (κ3) is 4.40. The number of carbonyl (C=O) groups excluding carboxylic acids is 1. The summed E-state index contributed by atoms with van der Waals surface area (Å²) in [6.07, 6.45) is 0. The molecule has 0 fully saturated rings. The average Bonchev–Trinajstić information content (AvgIpc) is 2.48. The van der Waals surface area contributed by atoms with Crippen LogP contribution in [-0.4, -0.2) is 12.5 Å². The van der Waals surface area contributed by atoms with Crippen LogP contribution in [0.25, 0.3) is 0 Å². The fourth-order valence-electron chi connectivity index (χ4n) is 1.86. The summed E-state index contributed by atoms with van der Waals surface area (Å²) in [5.41, 5.74) is 8.67. The van der Waals surface area contributed by atoms with E-state index in [0.717, 1.165) is 16.8 Å². The van der Waals surface area contributed by atoms with Crippen molar-refractivity contribution in [2.75, 3.05) is 12.3 Å². The molecule has 4 nitrogen and oxygen atoms in total. The Bertz CT molecular complexity index is 555. The number of amides is 1. The molecule has 0 saturated heterocycles. The molecule has 104 valence electrons. The Hall–Kier alpha value is -2.33. The van der Waals surface area contributed by atoms with Crippen molar-refractivity contribution in [3.63, 3.8) is 0 Å². The lowest BCUT2D eigenvalue weighted by atomic mass is 10.2. The van der Waals surface area contributed by atoms with Gasteiger partial charge in [0.2, 0.25) is 5.91 Å². The maximum atomic E-state index is 11.7. The van der Waals surface area contributed by atoms with Gasteiger partial charge in [0.05, 0.1) is 6.54 Å². The van der Waals surface area contributed by atoms with Crippen molar-refractivity contribution in [3.8, 4) is 0 Å². The first-order valence-electron chi connectivity index (χ1n) is 6.60. The van der Waals surface area contributed by atoms with Gasteiger partial charge in [-0.25, -0.2) is 0 Å². The number of benzene rings is 2. The number of nitrogens with two attached hydrogens (primary N) is 1. The number of para-hydroxylation sites is 1. The van der Waals surface area contributed by atoms with Crippen LogP contribution < -0.4 is 16.4 Å². The summed E-state index contributed by atoms with van der Waals surface area (Å²) in [7, 11) is 0. The van der Waals surface area contributed by atoms with E-state index in [4.69, 9.17) is 5.73 Å². The fraction of sp³-hybridized carbons (Fsp3) is 0.188. The normalized spacial score (nSPS) is 10.2. The molecule has 0 radical (unpaired) electrons. The van der Waals surface area contributed by atoms with Gasteiger partial charge in [-0.05, 0) is 17.2 Å². The van der Waals surface area contributed by atoms with Crippen molar-refractivity contribution in [3.05, 3.63) is 65.7 Å². The van der Waals surface area contributed by atoms with Gasteiger partial charge in [-0.15, -0.1) is 0 Å². The van der Waals surface area contributed by atoms with Gasteiger partial charge in [-0.2, -0.15) is 0 Å². The molecule has 0 bridgehead atoms. The zero-order valence-electron chi connectivity index (χ0n) is 11.3. The highest BCUT2D eigenvalue weighted by Gasteiger charge is 2.02. The molecular weight excluding hydrogens is 250 g/mol. The van der Waals surface area contributed by atoms with E-state index in [9.17, 15) is 4.79 Å². The first-order valence-corrected chi connectivity index (χ1v) is 6.60. The minimum atomic E-state index is -0.0247. The molecule has 2 aromatic carbocycles. The topological polar surface area (TPSA) is 67.1 Å². The first kappa shape index (κ1) is 14.1. The third-order valence-electron chi connectivity index (χ3n) is 2.99. The van der Waals surface area contributed by atoms with Crippen LogP contribution in [-0.2, 0) is 17.9 Å². The predicted molar refractivity (Wildman–Crippen MR) is 80.8 cm³/mol. The Labute approximate surface area is 119 Å². The van der Waals surface area contributed by atoms with Crippen LogP contribution in [0, 0.1) is 0 Å². The van der Waals surface area contributed by atoms with Gasteiger partial charge in [0.1, 0.15) is 0 Å². The van der Waals surface area contributed by atoms with Crippen LogP contribution in [0.1, 0.15) is 11.1 Å². The van der Waals surface area contributed by atoms with E-state index < -0.39 is 0 Å². The van der Waals surface area contributed by atoms with E-state index in [1.165, 1.54) is 0 Å². The van der Waals surface area contributed by atoms with Gasteiger partial charge >= 0.3 is 0 Å². The van der Waals surface area contributed by atoms with Crippen molar-refractivity contribution in [1.29, 1.82) is 0 Å². The smallest absolute Gasteiger partial charge is 0.234 e. The van der Waals surface area contributed by atoms with E-state index in [-0.39, 0.29) is 12.5 Å². The zero-order chi connectivity index (χ0) is 14.2.